The van der Waals surface area contributed by atoms with Gasteiger partial charge in [-0.1, -0.05) is 36.8 Å². The van der Waals surface area contributed by atoms with E-state index in [1.807, 2.05) is 37.3 Å². The number of nitrogens with one attached hydrogen (secondary N) is 3. The molecule has 0 bridgehead atoms. The summed E-state index contributed by atoms with van der Waals surface area (Å²) in [5, 5.41) is 6.18. The molecule has 0 atom stereocenters. The van der Waals surface area contributed by atoms with Gasteiger partial charge in [0.05, 0.1) is 25.5 Å². The van der Waals surface area contributed by atoms with Crippen LogP contribution in [-0.4, -0.2) is 52.9 Å². The van der Waals surface area contributed by atoms with Gasteiger partial charge in [-0.25, -0.2) is 13.1 Å². The van der Waals surface area contributed by atoms with E-state index in [-0.39, 0.29) is 5.75 Å². The Labute approximate surface area is 163 Å². The van der Waals surface area contributed by atoms with Crippen LogP contribution in [0.25, 0.3) is 0 Å². The summed E-state index contributed by atoms with van der Waals surface area (Å²) in [6.07, 6.45) is 3.47. The number of nitrogens with zero attached hydrogens (tertiary/aromatic N) is 1. The smallest absolute Gasteiger partial charge is 0.213 e. The minimum absolute atomic E-state index is 0.0364. The molecule has 0 heterocycles. The Hall–Kier alpha value is -1.64. The van der Waals surface area contributed by atoms with Gasteiger partial charge >= 0.3 is 0 Å². The summed E-state index contributed by atoms with van der Waals surface area (Å²) in [6.45, 7) is 5.14. The Kier molecular flexibility index (Phi) is 9.58. The van der Waals surface area contributed by atoms with Crippen molar-refractivity contribution in [3.63, 3.8) is 0 Å². The maximum Gasteiger partial charge on any atom is 0.213 e. The summed E-state index contributed by atoms with van der Waals surface area (Å²) >= 11 is 0. The van der Waals surface area contributed by atoms with Crippen LogP contribution in [0.5, 0.6) is 0 Å². The van der Waals surface area contributed by atoms with E-state index < -0.39 is 10.0 Å². The van der Waals surface area contributed by atoms with Crippen LogP contribution < -0.4 is 15.4 Å². The first-order valence-electron chi connectivity index (χ1n) is 9.70. The molecule has 0 aromatic heterocycles. The minimum atomic E-state index is -3.24. The third-order valence-electron chi connectivity index (χ3n) is 4.44. The van der Waals surface area contributed by atoms with Crippen LogP contribution in [0, 0.1) is 5.92 Å². The average molecular weight is 397 g/mol. The predicted octanol–water partition coefficient (Wildman–Crippen LogP) is 1.48. The highest BCUT2D eigenvalue weighted by molar-refractivity contribution is 7.89. The van der Waals surface area contributed by atoms with Crippen molar-refractivity contribution < 1.29 is 13.2 Å². The second-order valence-corrected chi connectivity index (χ2v) is 8.62. The Bertz CT molecular complexity index is 661. The molecule has 27 heavy (non-hydrogen) atoms. The highest BCUT2D eigenvalue weighted by atomic mass is 32.2. The van der Waals surface area contributed by atoms with Crippen molar-refractivity contribution in [2.45, 2.75) is 32.8 Å². The highest BCUT2D eigenvalue weighted by Crippen LogP contribution is 2.25. The molecule has 0 saturated heterocycles. The van der Waals surface area contributed by atoms with Gasteiger partial charge in [0.2, 0.25) is 10.0 Å². The summed E-state index contributed by atoms with van der Waals surface area (Å²) in [4.78, 5) is 4.42. The van der Waals surface area contributed by atoms with Gasteiger partial charge in [-0.15, -0.1) is 0 Å². The van der Waals surface area contributed by atoms with Gasteiger partial charge in [-0.2, -0.15) is 0 Å². The lowest BCUT2D eigenvalue weighted by molar-refractivity contribution is 0.128. The summed E-state index contributed by atoms with van der Waals surface area (Å²) in [6, 6.07) is 9.99. The van der Waals surface area contributed by atoms with Crippen LogP contribution in [0.3, 0.4) is 0 Å². The Morgan fingerprint density at radius 3 is 2.67 bits per heavy atom. The molecular formula is C19H32N4O3S. The molecule has 1 aromatic rings. The Morgan fingerprint density at radius 2 is 2.00 bits per heavy atom. The number of benzene rings is 1. The monoisotopic (exact) mass is 396 g/mol. The number of hydrogen-bond donors (Lipinski definition) is 3. The normalized spacial score (nSPS) is 15.4. The SMILES string of the molecule is CCNC(=NCCOCc1ccccc1)NCCS(=O)(=O)NCC1CCC1. The van der Waals surface area contributed by atoms with Crippen molar-refractivity contribution in [1.82, 2.24) is 15.4 Å². The molecular weight excluding hydrogens is 364 g/mol. The molecule has 0 spiro atoms. The van der Waals surface area contributed by atoms with Gasteiger partial charge in [0.15, 0.2) is 5.96 Å². The molecule has 0 amide bonds. The van der Waals surface area contributed by atoms with E-state index in [1.165, 1.54) is 6.42 Å². The van der Waals surface area contributed by atoms with Crippen LogP contribution in [0.4, 0.5) is 0 Å². The predicted molar refractivity (Wildman–Crippen MR) is 109 cm³/mol. The standard InChI is InChI=1S/C19H32N4O3S/c1-2-20-19(21-11-13-26-16-18-7-4-3-5-8-18)22-12-14-27(24,25)23-15-17-9-6-10-17/h3-5,7-8,17,23H,2,6,9-16H2,1H3,(H2,20,21,22). The summed E-state index contributed by atoms with van der Waals surface area (Å²) in [5.41, 5.74) is 1.13. The van der Waals surface area contributed by atoms with Crippen LogP contribution >= 0.6 is 0 Å². The van der Waals surface area contributed by atoms with Crippen molar-refractivity contribution in [1.29, 1.82) is 0 Å². The third-order valence-corrected chi connectivity index (χ3v) is 5.79. The maximum atomic E-state index is 12.0. The number of hydrogen-bond acceptors (Lipinski definition) is 4. The van der Waals surface area contributed by atoms with E-state index in [0.717, 1.165) is 18.4 Å². The molecule has 1 saturated carbocycles. The molecule has 1 aliphatic rings. The molecule has 2 rings (SSSR count). The minimum Gasteiger partial charge on any atom is -0.375 e. The first kappa shape index (κ1) is 21.7. The zero-order chi connectivity index (χ0) is 19.4. The lowest BCUT2D eigenvalue weighted by atomic mass is 9.86. The van der Waals surface area contributed by atoms with Crippen molar-refractivity contribution in [2.75, 3.05) is 38.5 Å². The summed E-state index contributed by atoms with van der Waals surface area (Å²) < 4.78 is 32.3. The van der Waals surface area contributed by atoms with Crippen molar-refractivity contribution in [3.8, 4) is 0 Å². The zero-order valence-corrected chi connectivity index (χ0v) is 16.9. The molecule has 3 N–H and O–H groups in total. The fourth-order valence-corrected chi connectivity index (χ4v) is 3.65. The van der Waals surface area contributed by atoms with Gasteiger partial charge in [0, 0.05) is 19.6 Å². The van der Waals surface area contributed by atoms with Crippen molar-refractivity contribution in [2.24, 2.45) is 10.9 Å². The number of sulfonamides is 1. The van der Waals surface area contributed by atoms with Crippen LogP contribution in [0.1, 0.15) is 31.7 Å². The van der Waals surface area contributed by atoms with Crippen molar-refractivity contribution in [3.05, 3.63) is 35.9 Å². The van der Waals surface area contributed by atoms with Gasteiger partial charge < -0.3 is 15.4 Å². The van der Waals surface area contributed by atoms with Gasteiger partial charge in [-0.05, 0) is 31.2 Å². The first-order chi connectivity index (χ1) is 13.1. The second kappa shape index (κ2) is 11.9. The number of aliphatic imine (C=N–C) groups is 1. The second-order valence-electron chi connectivity index (χ2n) is 6.69. The largest absolute Gasteiger partial charge is 0.375 e. The average Bonchev–Trinajstić information content (AvgIpc) is 2.60. The molecule has 1 fully saturated rings. The molecule has 0 unspecified atom stereocenters. The van der Waals surface area contributed by atoms with E-state index in [9.17, 15) is 8.42 Å². The van der Waals surface area contributed by atoms with E-state index in [1.54, 1.807) is 0 Å². The highest BCUT2D eigenvalue weighted by Gasteiger charge is 2.19. The Morgan fingerprint density at radius 1 is 1.22 bits per heavy atom. The van der Waals surface area contributed by atoms with Crippen LogP contribution in [-0.2, 0) is 21.4 Å². The van der Waals surface area contributed by atoms with Gasteiger partial charge in [0.25, 0.3) is 0 Å². The topological polar surface area (TPSA) is 91.8 Å². The van der Waals surface area contributed by atoms with E-state index in [0.29, 0.717) is 51.3 Å². The quantitative estimate of drug-likeness (QED) is 0.283. The first-order valence-corrected chi connectivity index (χ1v) is 11.4. The molecule has 0 aliphatic heterocycles. The summed E-state index contributed by atoms with van der Waals surface area (Å²) in [5.74, 6) is 1.16. The van der Waals surface area contributed by atoms with E-state index in [2.05, 4.69) is 20.3 Å². The number of guanidine groups is 1. The van der Waals surface area contributed by atoms with E-state index in [4.69, 9.17) is 4.74 Å². The molecule has 152 valence electrons. The number of rotatable bonds is 12. The fourth-order valence-electron chi connectivity index (χ4n) is 2.65. The molecule has 1 aromatic carbocycles. The number of ether oxygens (including phenoxy) is 1. The Balaban J connectivity index is 1.63. The summed E-state index contributed by atoms with van der Waals surface area (Å²) in [7, 11) is -3.24. The molecule has 0 radical (unpaired) electrons. The third kappa shape index (κ3) is 9.21. The zero-order valence-electron chi connectivity index (χ0n) is 16.1. The lowest BCUT2D eigenvalue weighted by Crippen LogP contribution is -2.42. The maximum absolute atomic E-state index is 12.0. The van der Waals surface area contributed by atoms with Crippen LogP contribution in [0.2, 0.25) is 0 Å². The van der Waals surface area contributed by atoms with E-state index >= 15 is 0 Å². The van der Waals surface area contributed by atoms with Gasteiger partial charge in [0.1, 0.15) is 0 Å². The molecule has 1 aliphatic carbocycles. The fraction of sp³-hybridized carbons (Fsp3) is 0.632. The molecule has 7 nitrogen and oxygen atoms in total. The van der Waals surface area contributed by atoms with Crippen LogP contribution in [0.15, 0.2) is 35.3 Å². The lowest BCUT2D eigenvalue weighted by Gasteiger charge is -2.25. The van der Waals surface area contributed by atoms with Crippen molar-refractivity contribution >= 4 is 16.0 Å². The molecule has 8 heteroatoms. The van der Waals surface area contributed by atoms with Gasteiger partial charge in [-0.3, -0.25) is 4.99 Å².